The molecule has 1 atom stereocenters. The summed E-state index contributed by atoms with van der Waals surface area (Å²) in [6, 6.07) is 7.39. The van der Waals surface area contributed by atoms with Crippen molar-refractivity contribution in [2.75, 3.05) is 30.1 Å². The summed E-state index contributed by atoms with van der Waals surface area (Å²) < 4.78 is 4.91. The molecule has 0 radical (unpaired) electrons. The fourth-order valence-corrected chi connectivity index (χ4v) is 2.50. The van der Waals surface area contributed by atoms with Crippen molar-refractivity contribution in [3.05, 3.63) is 24.3 Å². The van der Waals surface area contributed by atoms with E-state index in [0.717, 1.165) is 11.4 Å². The minimum absolute atomic E-state index is 0.0150. The van der Waals surface area contributed by atoms with Gasteiger partial charge in [-0.3, -0.25) is 9.59 Å². The number of rotatable bonds is 2. The number of ether oxygens (including phenoxy) is 1. The summed E-state index contributed by atoms with van der Waals surface area (Å²) in [6.07, 6.45) is 0. The normalized spacial score (nSPS) is 18.2. The lowest BCUT2D eigenvalue weighted by Crippen LogP contribution is -2.52. The fraction of sp³-hybridized carbons (Fsp3) is 0.429. The predicted molar refractivity (Wildman–Crippen MR) is 73.3 cm³/mol. The van der Waals surface area contributed by atoms with E-state index in [1.165, 1.54) is 7.11 Å². The molecule has 5 heteroatoms. The summed E-state index contributed by atoms with van der Waals surface area (Å²) in [7, 11) is 1.50. The van der Waals surface area contributed by atoms with Crippen molar-refractivity contribution in [1.29, 1.82) is 0 Å². The second kappa shape index (κ2) is 5.40. The molecule has 0 bridgehead atoms. The van der Waals surface area contributed by atoms with Crippen LogP contribution in [-0.2, 0) is 14.3 Å². The van der Waals surface area contributed by atoms with Gasteiger partial charge in [-0.1, -0.05) is 12.1 Å². The SMILES string of the molecule is COCC(=O)N1C[C@H](C)N(C(C)=O)c2ccccc21. The molecule has 0 aromatic heterocycles. The minimum atomic E-state index is -0.0926. The molecule has 0 spiro atoms. The smallest absolute Gasteiger partial charge is 0.253 e. The number of hydrogen-bond donors (Lipinski definition) is 0. The molecule has 19 heavy (non-hydrogen) atoms. The summed E-state index contributed by atoms with van der Waals surface area (Å²) >= 11 is 0. The lowest BCUT2D eigenvalue weighted by atomic mass is 10.1. The maximum atomic E-state index is 12.1. The second-order valence-electron chi connectivity index (χ2n) is 4.66. The van der Waals surface area contributed by atoms with Crippen molar-refractivity contribution in [3.8, 4) is 0 Å². The van der Waals surface area contributed by atoms with E-state index in [4.69, 9.17) is 4.74 Å². The Morgan fingerprint density at radius 3 is 2.53 bits per heavy atom. The van der Waals surface area contributed by atoms with E-state index >= 15 is 0 Å². The first-order valence-corrected chi connectivity index (χ1v) is 6.24. The molecule has 0 aliphatic carbocycles. The molecule has 1 aliphatic rings. The third-order valence-electron chi connectivity index (χ3n) is 3.23. The molecule has 0 fully saturated rings. The summed E-state index contributed by atoms with van der Waals surface area (Å²) in [6.45, 7) is 4.00. The Labute approximate surface area is 112 Å². The van der Waals surface area contributed by atoms with Gasteiger partial charge < -0.3 is 14.5 Å². The van der Waals surface area contributed by atoms with E-state index in [1.807, 2.05) is 31.2 Å². The van der Waals surface area contributed by atoms with E-state index in [-0.39, 0.29) is 24.5 Å². The number of benzene rings is 1. The lowest BCUT2D eigenvalue weighted by molar-refractivity contribution is -0.122. The molecular weight excluding hydrogens is 244 g/mol. The Kier molecular flexibility index (Phi) is 3.85. The summed E-state index contributed by atoms with van der Waals surface area (Å²) in [5.74, 6) is -0.108. The highest BCUT2D eigenvalue weighted by Gasteiger charge is 2.32. The van der Waals surface area contributed by atoms with Crippen LogP contribution in [0.4, 0.5) is 11.4 Å². The zero-order chi connectivity index (χ0) is 14.0. The number of fused-ring (bicyclic) bond motifs is 1. The van der Waals surface area contributed by atoms with Crippen LogP contribution in [0, 0.1) is 0 Å². The summed E-state index contributed by atoms with van der Waals surface area (Å²) in [4.78, 5) is 27.3. The van der Waals surface area contributed by atoms with Crippen LogP contribution in [0.15, 0.2) is 24.3 Å². The highest BCUT2D eigenvalue weighted by molar-refractivity contribution is 6.04. The molecule has 0 saturated heterocycles. The first-order chi connectivity index (χ1) is 9.06. The van der Waals surface area contributed by atoms with E-state index in [2.05, 4.69) is 0 Å². The van der Waals surface area contributed by atoms with E-state index in [9.17, 15) is 9.59 Å². The van der Waals surface area contributed by atoms with Gasteiger partial charge in [-0.15, -0.1) is 0 Å². The maximum Gasteiger partial charge on any atom is 0.253 e. The molecule has 5 nitrogen and oxygen atoms in total. The van der Waals surface area contributed by atoms with E-state index in [0.29, 0.717) is 6.54 Å². The number of para-hydroxylation sites is 2. The van der Waals surface area contributed by atoms with Gasteiger partial charge >= 0.3 is 0 Å². The van der Waals surface area contributed by atoms with Crippen molar-refractivity contribution >= 4 is 23.2 Å². The highest BCUT2D eigenvalue weighted by atomic mass is 16.5. The Morgan fingerprint density at radius 1 is 1.32 bits per heavy atom. The van der Waals surface area contributed by atoms with Crippen molar-refractivity contribution in [2.24, 2.45) is 0 Å². The van der Waals surface area contributed by atoms with E-state index in [1.54, 1.807) is 16.7 Å². The monoisotopic (exact) mass is 262 g/mol. The van der Waals surface area contributed by atoms with Gasteiger partial charge in [-0.2, -0.15) is 0 Å². The standard InChI is InChI=1S/C14H18N2O3/c1-10-8-15(14(18)9-19-3)12-6-4-5-7-13(12)16(10)11(2)17/h4-7,10H,8-9H2,1-3H3/t10-/m0/s1. The van der Waals surface area contributed by atoms with Gasteiger partial charge in [0.1, 0.15) is 6.61 Å². The van der Waals surface area contributed by atoms with Gasteiger partial charge in [0, 0.05) is 20.6 Å². The molecule has 0 saturated carbocycles. The highest BCUT2D eigenvalue weighted by Crippen LogP contribution is 2.35. The summed E-state index contributed by atoms with van der Waals surface area (Å²) in [5.41, 5.74) is 1.54. The maximum absolute atomic E-state index is 12.1. The Balaban J connectivity index is 2.44. The quantitative estimate of drug-likeness (QED) is 0.810. The summed E-state index contributed by atoms with van der Waals surface area (Å²) in [5, 5.41) is 0. The average Bonchev–Trinajstić information content (AvgIpc) is 2.37. The molecule has 1 aliphatic heterocycles. The topological polar surface area (TPSA) is 49.9 Å². The van der Waals surface area contributed by atoms with Crippen LogP contribution in [0.2, 0.25) is 0 Å². The fourth-order valence-electron chi connectivity index (χ4n) is 2.50. The zero-order valence-corrected chi connectivity index (χ0v) is 11.4. The number of methoxy groups -OCH3 is 1. The third-order valence-corrected chi connectivity index (χ3v) is 3.23. The van der Waals surface area contributed by atoms with Crippen molar-refractivity contribution in [2.45, 2.75) is 19.9 Å². The number of hydrogen-bond acceptors (Lipinski definition) is 3. The Morgan fingerprint density at radius 2 is 1.95 bits per heavy atom. The van der Waals surface area contributed by atoms with Crippen LogP contribution >= 0.6 is 0 Å². The van der Waals surface area contributed by atoms with Gasteiger partial charge in [0.2, 0.25) is 5.91 Å². The van der Waals surface area contributed by atoms with Gasteiger partial charge in [-0.25, -0.2) is 0 Å². The molecule has 1 heterocycles. The largest absolute Gasteiger partial charge is 0.375 e. The van der Waals surface area contributed by atoms with Crippen molar-refractivity contribution in [3.63, 3.8) is 0 Å². The lowest BCUT2D eigenvalue weighted by Gasteiger charge is -2.40. The molecular formula is C14H18N2O3. The number of nitrogens with zero attached hydrogens (tertiary/aromatic N) is 2. The number of carbonyl (C=O) groups excluding carboxylic acids is 2. The van der Waals surface area contributed by atoms with Gasteiger partial charge in [0.25, 0.3) is 5.91 Å². The van der Waals surface area contributed by atoms with Crippen LogP contribution in [-0.4, -0.2) is 38.1 Å². The molecule has 2 amide bonds. The molecule has 2 rings (SSSR count). The van der Waals surface area contributed by atoms with Crippen LogP contribution in [0.5, 0.6) is 0 Å². The molecule has 1 aromatic carbocycles. The number of amides is 2. The third kappa shape index (κ3) is 2.46. The van der Waals surface area contributed by atoms with Crippen LogP contribution in [0.1, 0.15) is 13.8 Å². The zero-order valence-electron chi connectivity index (χ0n) is 11.4. The van der Waals surface area contributed by atoms with Gasteiger partial charge in [-0.05, 0) is 19.1 Å². The van der Waals surface area contributed by atoms with Crippen molar-refractivity contribution in [1.82, 2.24) is 0 Å². The first-order valence-electron chi connectivity index (χ1n) is 6.24. The number of carbonyl (C=O) groups is 2. The van der Waals surface area contributed by atoms with Crippen LogP contribution < -0.4 is 9.80 Å². The molecule has 102 valence electrons. The first kappa shape index (κ1) is 13.5. The predicted octanol–water partition coefficient (Wildman–Crippen LogP) is 1.42. The van der Waals surface area contributed by atoms with Crippen molar-refractivity contribution < 1.29 is 14.3 Å². The second-order valence-corrected chi connectivity index (χ2v) is 4.66. The average molecular weight is 262 g/mol. The van der Waals surface area contributed by atoms with Crippen LogP contribution in [0.25, 0.3) is 0 Å². The van der Waals surface area contributed by atoms with Gasteiger partial charge in [0.05, 0.1) is 17.4 Å². The van der Waals surface area contributed by atoms with Crippen LogP contribution in [0.3, 0.4) is 0 Å². The minimum Gasteiger partial charge on any atom is -0.375 e. The Hall–Kier alpha value is -1.88. The Bertz CT molecular complexity index is 501. The van der Waals surface area contributed by atoms with E-state index < -0.39 is 0 Å². The molecule has 0 N–H and O–H groups in total. The van der Waals surface area contributed by atoms with Gasteiger partial charge in [0.15, 0.2) is 0 Å². The number of anilines is 2. The molecule has 0 unspecified atom stereocenters. The molecule has 1 aromatic rings.